The van der Waals surface area contributed by atoms with Crippen molar-refractivity contribution >= 4 is 27.3 Å². The highest BCUT2D eigenvalue weighted by Crippen LogP contribution is 2.32. The van der Waals surface area contributed by atoms with Crippen LogP contribution < -0.4 is 4.72 Å². The molecule has 0 saturated carbocycles. The average Bonchev–Trinajstić information content (AvgIpc) is 2.47. The van der Waals surface area contributed by atoms with Crippen molar-refractivity contribution in [1.29, 1.82) is 0 Å². The van der Waals surface area contributed by atoms with Crippen LogP contribution in [0, 0.1) is 0 Å². The van der Waals surface area contributed by atoms with Crippen LogP contribution in [-0.4, -0.2) is 9.30 Å². The van der Waals surface area contributed by atoms with E-state index in [0.29, 0.717) is 0 Å². The summed E-state index contributed by atoms with van der Waals surface area (Å²) in [6.45, 7) is 8.00. The van der Waals surface area contributed by atoms with Gasteiger partial charge in [-0.3, -0.25) is 0 Å². The highest BCUT2D eigenvalue weighted by Gasteiger charge is 2.38. The molecule has 0 aliphatic rings. The zero-order valence-electron chi connectivity index (χ0n) is 13.4. The van der Waals surface area contributed by atoms with Crippen molar-refractivity contribution in [3.8, 4) is 0 Å². The van der Waals surface area contributed by atoms with E-state index in [1.807, 2.05) is 51.1 Å². The second-order valence-electron chi connectivity index (χ2n) is 6.48. The van der Waals surface area contributed by atoms with Crippen LogP contribution >= 0.6 is 15.9 Å². The average molecular weight is 380 g/mol. The largest absolute Gasteiger partial charge is 0.598 e. The summed E-state index contributed by atoms with van der Waals surface area (Å²) in [6, 6.07) is 18.3. The van der Waals surface area contributed by atoms with Gasteiger partial charge in [-0.1, -0.05) is 58.4 Å². The molecule has 0 heterocycles. The number of hydrogen-bond acceptors (Lipinski definition) is 2. The monoisotopic (exact) mass is 379 g/mol. The number of benzene rings is 2. The van der Waals surface area contributed by atoms with Gasteiger partial charge in [0, 0.05) is 15.8 Å². The topological polar surface area (TPSA) is 35.1 Å². The van der Waals surface area contributed by atoms with Gasteiger partial charge in [-0.05, 0) is 51.0 Å². The van der Waals surface area contributed by atoms with Crippen LogP contribution in [0.4, 0.5) is 0 Å². The Bertz CT molecular complexity index is 609. The summed E-state index contributed by atoms with van der Waals surface area (Å²) in [4.78, 5) is 0. The summed E-state index contributed by atoms with van der Waals surface area (Å²) >= 11 is 2.30. The lowest BCUT2D eigenvalue weighted by Gasteiger charge is -2.35. The van der Waals surface area contributed by atoms with Gasteiger partial charge in [0.05, 0.1) is 0 Å². The van der Waals surface area contributed by atoms with Crippen LogP contribution in [-0.2, 0) is 16.9 Å². The standard InChI is InChI=1S/C18H22BrNOS/c1-17(2,3)22(21)20-18(4,14-8-6-5-7-9-14)15-10-12-16(19)13-11-15/h5-13,20H,1-4H3/t18?,22-/m0/s1. The van der Waals surface area contributed by atoms with Gasteiger partial charge < -0.3 is 4.55 Å². The minimum Gasteiger partial charge on any atom is -0.598 e. The van der Waals surface area contributed by atoms with Crippen LogP contribution in [0.15, 0.2) is 59.1 Å². The predicted octanol–water partition coefficient (Wildman–Crippen LogP) is 4.76. The van der Waals surface area contributed by atoms with Gasteiger partial charge in [0.2, 0.25) is 0 Å². The fraction of sp³-hybridized carbons (Fsp3) is 0.333. The summed E-state index contributed by atoms with van der Waals surface area (Å²) in [5.74, 6) is 0. The Hall–Kier alpha value is -0.810. The van der Waals surface area contributed by atoms with Gasteiger partial charge in [0.15, 0.2) is 0 Å². The lowest BCUT2D eigenvalue weighted by atomic mass is 9.86. The van der Waals surface area contributed by atoms with Crippen LogP contribution in [0.5, 0.6) is 0 Å². The van der Waals surface area contributed by atoms with Crippen LogP contribution in [0.2, 0.25) is 0 Å². The van der Waals surface area contributed by atoms with Crippen molar-refractivity contribution in [3.63, 3.8) is 0 Å². The molecule has 0 aliphatic heterocycles. The molecule has 0 saturated heterocycles. The fourth-order valence-electron chi connectivity index (χ4n) is 2.18. The third-order valence-electron chi connectivity index (χ3n) is 3.63. The molecule has 2 aromatic rings. The summed E-state index contributed by atoms with van der Waals surface area (Å²) < 4.78 is 16.7. The van der Waals surface area contributed by atoms with Gasteiger partial charge in [0.1, 0.15) is 10.3 Å². The van der Waals surface area contributed by atoms with Crippen molar-refractivity contribution in [1.82, 2.24) is 4.72 Å². The molecule has 1 unspecified atom stereocenters. The zero-order valence-corrected chi connectivity index (χ0v) is 15.8. The highest BCUT2D eigenvalue weighted by atomic mass is 79.9. The van der Waals surface area contributed by atoms with Crippen molar-refractivity contribution in [2.45, 2.75) is 38.0 Å². The predicted molar refractivity (Wildman–Crippen MR) is 98.1 cm³/mol. The summed E-state index contributed by atoms with van der Waals surface area (Å²) in [7, 11) is 0. The molecule has 0 amide bonds. The molecule has 0 aromatic heterocycles. The maximum absolute atomic E-state index is 12.7. The molecule has 0 radical (unpaired) electrons. The lowest BCUT2D eigenvalue weighted by Crippen LogP contribution is -2.50. The Morgan fingerprint density at radius 3 is 1.86 bits per heavy atom. The second kappa shape index (κ2) is 6.75. The molecule has 2 rings (SSSR count). The third kappa shape index (κ3) is 3.93. The van der Waals surface area contributed by atoms with E-state index in [2.05, 4.69) is 51.8 Å². The van der Waals surface area contributed by atoms with Crippen molar-refractivity contribution in [2.24, 2.45) is 0 Å². The van der Waals surface area contributed by atoms with Gasteiger partial charge in [-0.15, -0.1) is 4.72 Å². The molecule has 2 nitrogen and oxygen atoms in total. The van der Waals surface area contributed by atoms with Gasteiger partial charge in [-0.2, -0.15) is 0 Å². The molecule has 0 spiro atoms. The first kappa shape index (κ1) is 17.5. The number of hydrogen-bond donors (Lipinski definition) is 1. The summed E-state index contributed by atoms with van der Waals surface area (Å²) in [5.41, 5.74) is 1.66. The molecular formula is C18H22BrNOS. The SMILES string of the molecule is CC(N[S@@+]([O-])C(C)(C)C)(c1ccccc1)c1ccc(Br)cc1. The molecule has 22 heavy (non-hydrogen) atoms. The van der Waals surface area contributed by atoms with Crippen LogP contribution in [0.3, 0.4) is 0 Å². The molecule has 2 atom stereocenters. The van der Waals surface area contributed by atoms with Gasteiger partial charge >= 0.3 is 0 Å². The maximum Gasteiger partial charge on any atom is 0.136 e. The Balaban J connectivity index is 2.47. The smallest absolute Gasteiger partial charge is 0.136 e. The first-order valence-electron chi connectivity index (χ1n) is 7.25. The molecule has 0 fully saturated rings. The first-order valence-corrected chi connectivity index (χ1v) is 9.19. The zero-order chi connectivity index (χ0) is 16.4. The molecule has 2 aromatic carbocycles. The minimum atomic E-state index is -1.17. The van der Waals surface area contributed by atoms with Crippen LogP contribution in [0.1, 0.15) is 38.8 Å². The first-order chi connectivity index (χ1) is 10.2. The molecule has 0 aliphatic carbocycles. The van der Waals surface area contributed by atoms with E-state index in [9.17, 15) is 4.55 Å². The molecule has 0 bridgehead atoms. The van der Waals surface area contributed by atoms with E-state index in [1.165, 1.54) is 0 Å². The molecular weight excluding hydrogens is 358 g/mol. The third-order valence-corrected chi connectivity index (χ3v) is 5.86. The lowest BCUT2D eigenvalue weighted by molar-refractivity contribution is 0.481. The van der Waals surface area contributed by atoms with Crippen molar-refractivity contribution in [2.75, 3.05) is 0 Å². The minimum absolute atomic E-state index is 0.328. The molecule has 118 valence electrons. The Kier molecular flexibility index (Phi) is 5.38. The van der Waals surface area contributed by atoms with Gasteiger partial charge in [0.25, 0.3) is 0 Å². The summed E-state index contributed by atoms with van der Waals surface area (Å²) in [6.07, 6.45) is 0. The second-order valence-corrected chi connectivity index (χ2v) is 9.36. The molecule has 1 N–H and O–H groups in total. The number of halogens is 1. The molecule has 4 heteroatoms. The van der Waals surface area contributed by atoms with E-state index >= 15 is 0 Å². The fourth-order valence-corrected chi connectivity index (χ4v) is 3.35. The van der Waals surface area contributed by atoms with E-state index in [-0.39, 0.29) is 4.75 Å². The van der Waals surface area contributed by atoms with E-state index in [1.54, 1.807) is 0 Å². The van der Waals surface area contributed by atoms with Crippen molar-refractivity contribution < 1.29 is 4.55 Å². The normalized spacial score (nSPS) is 16.1. The van der Waals surface area contributed by atoms with Crippen LogP contribution in [0.25, 0.3) is 0 Å². The van der Waals surface area contributed by atoms with E-state index in [0.717, 1.165) is 15.6 Å². The quantitative estimate of drug-likeness (QED) is 0.776. The number of nitrogens with one attached hydrogen (secondary N) is 1. The summed E-state index contributed by atoms with van der Waals surface area (Å²) in [5, 5.41) is 0. The van der Waals surface area contributed by atoms with E-state index < -0.39 is 16.9 Å². The van der Waals surface area contributed by atoms with Gasteiger partial charge in [-0.25, -0.2) is 0 Å². The Labute approximate surface area is 144 Å². The Morgan fingerprint density at radius 2 is 1.36 bits per heavy atom. The Morgan fingerprint density at radius 1 is 0.864 bits per heavy atom. The highest BCUT2D eigenvalue weighted by molar-refractivity contribution is 9.10. The number of rotatable bonds is 4. The maximum atomic E-state index is 12.7. The van der Waals surface area contributed by atoms with E-state index in [4.69, 9.17) is 0 Å². The van der Waals surface area contributed by atoms with Crippen molar-refractivity contribution in [3.05, 3.63) is 70.2 Å².